The Balaban J connectivity index is 1.98. The Kier molecular flexibility index (Phi) is 7.02. The van der Waals surface area contributed by atoms with Crippen LogP contribution in [0.2, 0.25) is 0 Å². The van der Waals surface area contributed by atoms with Crippen LogP contribution in [-0.4, -0.2) is 101 Å². The number of esters is 1. The highest BCUT2D eigenvalue weighted by Gasteiger charge is 2.56. The molecular formula is C17H22N4O8S. The molecule has 0 spiro atoms. The third-order valence-corrected chi connectivity index (χ3v) is 5.84. The number of hydrogen-bond acceptors (Lipinski definition) is 12. The van der Waals surface area contributed by atoms with Gasteiger partial charge in [-0.3, -0.25) is 0 Å². The minimum absolute atomic E-state index is 0.117. The highest BCUT2D eigenvalue weighted by Crippen LogP contribution is 2.44. The highest BCUT2D eigenvalue weighted by molar-refractivity contribution is 8.01. The summed E-state index contributed by atoms with van der Waals surface area (Å²) >= 11 is 0.723. The molecule has 0 saturated carbocycles. The summed E-state index contributed by atoms with van der Waals surface area (Å²) in [5.41, 5.74) is 0.591. The molecule has 6 atom stereocenters. The maximum absolute atomic E-state index is 12.7. The van der Waals surface area contributed by atoms with Crippen LogP contribution in [-0.2, 0) is 14.3 Å². The first-order chi connectivity index (χ1) is 14.3. The molecule has 5 N–H and O–H groups in total. The van der Waals surface area contributed by atoms with Gasteiger partial charge in [-0.25, -0.2) is 4.79 Å². The molecule has 12 nitrogen and oxygen atoms in total. The van der Waals surface area contributed by atoms with Crippen molar-refractivity contribution in [3.05, 3.63) is 30.3 Å². The van der Waals surface area contributed by atoms with Crippen molar-refractivity contribution in [2.75, 3.05) is 13.7 Å². The molecule has 0 unspecified atom stereocenters. The molecule has 1 aromatic carbocycles. The maximum atomic E-state index is 12.7. The molecular weight excluding hydrogens is 420 g/mol. The van der Waals surface area contributed by atoms with Gasteiger partial charge >= 0.3 is 5.97 Å². The van der Waals surface area contributed by atoms with Gasteiger partial charge in [0.05, 0.1) is 25.5 Å². The number of methoxy groups -OCH3 is 1. The van der Waals surface area contributed by atoms with Gasteiger partial charge in [0.15, 0.2) is 0 Å². The Morgan fingerprint density at radius 1 is 1.37 bits per heavy atom. The monoisotopic (exact) mass is 442 g/mol. The summed E-state index contributed by atoms with van der Waals surface area (Å²) in [7, 11) is 1.11. The lowest BCUT2D eigenvalue weighted by Crippen LogP contribution is -2.62. The molecule has 0 bridgehead atoms. The van der Waals surface area contributed by atoms with Crippen molar-refractivity contribution in [3.8, 4) is 5.69 Å². The molecule has 1 fully saturated rings. The van der Waals surface area contributed by atoms with E-state index in [0.717, 1.165) is 18.9 Å². The van der Waals surface area contributed by atoms with Gasteiger partial charge in [0.25, 0.3) is 0 Å². The first kappa shape index (κ1) is 22.6. The zero-order valence-corrected chi connectivity index (χ0v) is 16.7. The summed E-state index contributed by atoms with van der Waals surface area (Å²) in [6.07, 6.45) is -8.64. The third kappa shape index (κ3) is 4.32. The quantitative estimate of drug-likeness (QED) is 0.294. The Morgan fingerprint density at radius 3 is 2.70 bits per heavy atom. The van der Waals surface area contributed by atoms with E-state index in [0.29, 0.717) is 5.69 Å². The molecule has 3 rings (SSSR count). The zero-order valence-electron chi connectivity index (χ0n) is 15.8. The van der Waals surface area contributed by atoms with Gasteiger partial charge in [0.2, 0.25) is 10.1 Å². The number of ether oxygens (including phenoxy) is 2. The van der Waals surface area contributed by atoms with Crippen molar-refractivity contribution < 1.29 is 39.8 Å². The van der Waals surface area contributed by atoms with Crippen LogP contribution >= 0.6 is 11.8 Å². The number of aliphatic hydroxyl groups excluding tert-OH is 5. The van der Waals surface area contributed by atoms with E-state index in [-0.39, 0.29) is 5.16 Å². The normalized spacial score (nSPS) is 28.7. The lowest BCUT2D eigenvalue weighted by atomic mass is 9.92. The van der Waals surface area contributed by atoms with E-state index in [1.54, 1.807) is 30.3 Å². The molecule has 164 valence electrons. The molecule has 2 aromatic rings. The predicted molar refractivity (Wildman–Crippen MR) is 100 cm³/mol. The van der Waals surface area contributed by atoms with Crippen LogP contribution in [0.4, 0.5) is 0 Å². The lowest BCUT2D eigenvalue weighted by Gasteiger charge is -2.44. The van der Waals surface area contributed by atoms with E-state index < -0.39 is 54.4 Å². The second-order valence-corrected chi connectivity index (χ2v) is 7.87. The van der Waals surface area contributed by atoms with Crippen LogP contribution in [0, 0.1) is 0 Å². The van der Waals surface area contributed by atoms with Crippen LogP contribution < -0.4 is 0 Å². The van der Waals surface area contributed by atoms with Crippen molar-refractivity contribution in [2.24, 2.45) is 0 Å². The summed E-state index contributed by atoms with van der Waals surface area (Å²) in [4.78, 5) is 10.7. The number of para-hydroxylation sites is 1. The number of nitrogens with zero attached hydrogens (tertiary/aromatic N) is 4. The summed E-state index contributed by atoms with van der Waals surface area (Å²) in [6, 6.07) is 8.80. The smallest absolute Gasteiger partial charge is 0.349 e. The number of thioether (sulfide) groups is 1. The number of rotatable bonds is 7. The van der Waals surface area contributed by atoms with Crippen molar-refractivity contribution in [1.82, 2.24) is 20.2 Å². The summed E-state index contributed by atoms with van der Waals surface area (Å²) in [6.45, 7) is -0.825. The van der Waals surface area contributed by atoms with E-state index in [2.05, 4.69) is 15.5 Å². The van der Waals surface area contributed by atoms with Gasteiger partial charge in [-0.1, -0.05) is 18.2 Å². The largest absolute Gasteiger partial charge is 0.466 e. The van der Waals surface area contributed by atoms with Crippen molar-refractivity contribution >= 4 is 17.7 Å². The van der Waals surface area contributed by atoms with E-state index in [1.165, 1.54) is 4.68 Å². The average Bonchev–Trinajstić information content (AvgIpc) is 3.22. The van der Waals surface area contributed by atoms with Gasteiger partial charge < -0.3 is 35.0 Å². The molecule has 0 aliphatic carbocycles. The lowest BCUT2D eigenvalue weighted by molar-refractivity contribution is -0.231. The number of hydrogen-bond donors (Lipinski definition) is 5. The van der Waals surface area contributed by atoms with E-state index >= 15 is 0 Å². The number of aromatic nitrogens is 4. The molecule has 0 radical (unpaired) electrons. The molecule has 2 heterocycles. The number of carbonyl (C=O) groups excluding carboxylic acids is 1. The maximum Gasteiger partial charge on any atom is 0.349 e. The average molecular weight is 442 g/mol. The second kappa shape index (κ2) is 9.34. The molecule has 1 saturated heterocycles. The molecule has 0 amide bonds. The zero-order chi connectivity index (χ0) is 21.9. The Labute approximate surface area is 175 Å². The van der Waals surface area contributed by atoms with Crippen LogP contribution in [0.3, 0.4) is 0 Å². The summed E-state index contributed by atoms with van der Waals surface area (Å²) < 4.78 is 11.9. The fourth-order valence-corrected chi connectivity index (χ4v) is 4.25. The minimum Gasteiger partial charge on any atom is -0.466 e. The fraction of sp³-hybridized carbons (Fsp3) is 0.529. The first-order valence-corrected chi connectivity index (χ1v) is 9.76. The Bertz CT molecular complexity index is 855. The van der Waals surface area contributed by atoms with Gasteiger partial charge in [-0.05, 0) is 34.3 Å². The fourth-order valence-electron chi connectivity index (χ4n) is 3.07. The summed E-state index contributed by atoms with van der Waals surface area (Å²) in [5.74, 6) is -0.920. The molecule has 1 aliphatic heterocycles. The number of carbonyl (C=O) groups is 1. The standard InChI is InChI=1S/C17H22N4O8S/c1-28-15(27)17(7-10(23)12(25)14(29-17)13(26)11(24)8-22)30-16-18-19-20-21(16)9-5-3-2-4-6-9/h2-6,10-14,22-26H,7-8H2,1H3/t10-,11+,12+,13-,14+,17-/m0/s1. The second-order valence-electron chi connectivity index (χ2n) is 6.64. The molecule has 13 heteroatoms. The number of aliphatic hydroxyl groups is 5. The molecule has 30 heavy (non-hydrogen) atoms. The molecule has 1 aromatic heterocycles. The van der Waals surface area contributed by atoms with Crippen LogP contribution in [0.1, 0.15) is 6.42 Å². The third-order valence-electron chi connectivity index (χ3n) is 4.65. The van der Waals surface area contributed by atoms with Gasteiger partial charge in [-0.15, -0.1) is 5.10 Å². The highest BCUT2D eigenvalue weighted by atomic mass is 32.2. The van der Waals surface area contributed by atoms with Gasteiger partial charge in [-0.2, -0.15) is 4.68 Å². The number of benzene rings is 1. The van der Waals surface area contributed by atoms with Crippen LogP contribution in [0.5, 0.6) is 0 Å². The van der Waals surface area contributed by atoms with Crippen LogP contribution in [0.15, 0.2) is 35.5 Å². The van der Waals surface area contributed by atoms with E-state index in [4.69, 9.17) is 14.6 Å². The van der Waals surface area contributed by atoms with Gasteiger partial charge in [0.1, 0.15) is 24.4 Å². The Hall–Kier alpha value is -2.13. The van der Waals surface area contributed by atoms with Crippen LogP contribution in [0.25, 0.3) is 5.69 Å². The van der Waals surface area contributed by atoms with Crippen molar-refractivity contribution in [3.63, 3.8) is 0 Å². The number of tetrazole rings is 1. The molecule has 1 aliphatic rings. The van der Waals surface area contributed by atoms with Gasteiger partial charge in [0, 0.05) is 6.42 Å². The Morgan fingerprint density at radius 2 is 2.07 bits per heavy atom. The van der Waals surface area contributed by atoms with Crippen molar-refractivity contribution in [2.45, 2.75) is 47.0 Å². The topological polar surface area (TPSA) is 180 Å². The van der Waals surface area contributed by atoms with Crippen molar-refractivity contribution in [1.29, 1.82) is 0 Å². The van der Waals surface area contributed by atoms with E-state index in [1.807, 2.05) is 0 Å². The van der Waals surface area contributed by atoms with E-state index in [9.17, 15) is 25.2 Å². The summed E-state index contributed by atoms with van der Waals surface area (Å²) in [5, 5.41) is 61.3. The predicted octanol–water partition coefficient (Wildman–Crippen LogP) is -2.15. The SMILES string of the molecule is COC(=O)[C@@]1(Sc2nnnn2-c2ccccc2)C[C@H](O)[C@@H](O)[C@H]([C@@H](O)[C@H](O)CO)O1. The minimum atomic E-state index is -1.95. The first-order valence-electron chi connectivity index (χ1n) is 8.95.